The van der Waals surface area contributed by atoms with E-state index in [0.717, 1.165) is 11.3 Å². The second-order valence-electron chi connectivity index (χ2n) is 15.1. The maximum absolute atomic E-state index is 4.59. The molecular formula is C49H40N2. The third-order valence-corrected chi connectivity index (χ3v) is 11.0. The highest BCUT2D eigenvalue weighted by molar-refractivity contribution is 6.10. The summed E-state index contributed by atoms with van der Waals surface area (Å²) in [7, 11) is 0. The van der Waals surface area contributed by atoms with Gasteiger partial charge >= 0.3 is 0 Å². The Morgan fingerprint density at radius 2 is 1.16 bits per heavy atom. The quantitative estimate of drug-likeness (QED) is 0.184. The summed E-state index contributed by atoms with van der Waals surface area (Å²) in [4.78, 5) is 8.76. The first-order chi connectivity index (χ1) is 24.8. The van der Waals surface area contributed by atoms with Crippen molar-refractivity contribution in [3.8, 4) is 55.8 Å². The van der Waals surface area contributed by atoms with Gasteiger partial charge in [-0.3, -0.25) is 9.97 Å². The van der Waals surface area contributed by atoms with Crippen molar-refractivity contribution in [3.05, 3.63) is 168 Å². The fourth-order valence-corrected chi connectivity index (χ4v) is 8.42. The lowest BCUT2D eigenvalue weighted by Gasteiger charge is -2.39. The second-order valence-corrected chi connectivity index (χ2v) is 15.1. The van der Waals surface area contributed by atoms with Crippen molar-refractivity contribution in [1.82, 2.24) is 9.97 Å². The number of hydrogen-bond donors (Lipinski definition) is 0. The normalized spacial score (nSPS) is 16.3. The maximum atomic E-state index is 4.59. The first-order valence-corrected chi connectivity index (χ1v) is 18.0. The van der Waals surface area contributed by atoms with Crippen LogP contribution >= 0.6 is 0 Å². The third kappa shape index (κ3) is 5.43. The summed E-state index contributed by atoms with van der Waals surface area (Å²) in [5, 5.41) is 2.72. The van der Waals surface area contributed by atoms with Crippen molar-refractivity contribution in [1.29, 1.82) is 0 Å². The van der Waals surface area contributed by atoms with Crippen LogP contribution in [0.1, 0.15) is 50.3 Å². The van der Waals surface area contributed by atoms with Crippen molar-refractivity contribution < 1.29 is 0 Å². The largest absolute Gasteiger partial charge is 0.265 e. The van der Waals surface area contributed by atoms with Gasteiger partial charge in [0, 0.05) is 30.1 Å². The predicted molar refractivity (Wildman–Crippen MR) is 215 cm³/mol. The Hall–Kier alpha value is -5.86. The molecule has 246 valence electrons. The van der Waals surface area contributed by atoms with Crippen LogP contribution in [0.5, 0.6) is 0 Å². The van der Waals surface area contributed by atoms with Gasteiger partial charge in [0.2, 0.25) is 0 Å². The molecule has 2 atom stereocenters. The zero-order valence-corrected chi connectivity index (χ0v) is 29.6. The summed E-state index contributed by atoms with van der Waals surface area (Å²) in [5.41, 5.74) is 17.7. The van der Waals surface area contributed by atoms with Crippen LogP contribution in [0.25, 0.3) is 78.7 Å². The Kier molecular flexibility index (Phi) is 7.44. The lowest BCUT2D eigenvalue weighted by Crippen LogP contribution is -2.25. The van der Waals surface area contributed by atoms with E-state index >= 15 is 0 Å². The summed E-state index contributed by atoms with van der Waals surface area (Å²) in [6, 6.07) is 44.3. The summed E-state index contributed by atoms with van der Waals surface area (Å²) in [6.45, 7) is 9.47. The van der Waals surface area contributed by atoms with Crippen LogP contribution in [0.4, 0.5) is 0 Å². The van der Waals surface area contributed by atoms with Gasteiger partial charge in [-0.05, 0) is 114 Å². The topological polar surface area (TPSA) is 25.8 Å². The average molecular weight is 657 g/mol. The Labute approximate surface area is 300 Å². The average Bonchev–Trinajstić information content (AvgIpc) is 3.18. The fraction of sp³-hybridized carbons (Fsp3) is 0.143. The fourth-order valence-electron chi connectivity index (χ4n) is 8.42. The van der Waals surface area contributed by atoms with E-state index in [-0.39, 0.29) is 5.41 Å². The molecule has 0 aliphatic heterocycles. The van der Waals surface area contributed by atoms with Crippen LogP contribution in [0, 0.1) is 11.3 Å². The van der Waals surface area contributed by atoms with Crippen LogP contribution < -0.4 is 0 Å². The van der Waals surface area contributed by atoms with Gasteiger partial charge < -0.3 is 0 Å². The van der Waals surface area contributed by atoms with Gasteiger partial charge in [0.05, 0.1) is 5.69 Å². The molecule has 0 radical (unpaired) electrons. The van der Waals surface area contributed by atoms with E-state index in [0.29, 0.717) is 11.8 Å². The molecule has 0 saturated carbocycles. The van der Waals surface area contributed by atoms with E-state index in [4.69, 9.17) is 0 Å². The highest BCUT2D eigenvalue weighted by Crippen LogP contribution is 2.53. The monoisotopic (exact) mass is 656 g/mol. The Bertz CT molecular complexity index is 2460. The summed E-state index contributed by atoms with van der Waals surface area (Å²) >= 11 is 0. The minimum atomic E-state index is 0.115. The van der Waals surface area contributed by atoms with Gasteiger partial charge in [0.15, 0.2) is 0 Å². The van der Waals surface area contributed by atoms with Gasteiger partial charge in [0.1, 0.15) is 0 Å². The first kappa shape index (κ1) is 31.1. The van der Waals surface area contributed by atoms with E-state index in [9.17, 15) is 0 Å². The van der Waals surface area contributed by atoms with E-state index in [1.54, 1.807) is 0 Å². The molecule has 0 amide bonds. The molecule has 2 aromatic heterocycles. The van der Waals surface area contributed by atoms with E-state index in [1.807, 2.05) is 30.7 Å². The van der Waals surface area contributed by atoms with Crippen LogP contribution in [0.3, 0.4) is 0 Å². The van der Waals surface area contributed by atoms with Crippen molar-refractivity contribution in [2.45, 2.75) is 33.6 Å². The number of hydrogen-bond acceptors (Lipinski definition) is 2. The molecule has 0 N–H and O–H groups in total. The van der Waals surface area contributed by atoms with E-state index in [1.165, 1.54) is 77.5 Å². The van der Waals surface area contributed by atoms with Gasteiger partial charge in [0.25, 0.3) is 0 Å². The van der Waals surface area contributed by atoms with Crippen LogP contribution in [0.15, 0.2) is 152 Å². The molecule has 0 fully saturated rings. The van der Waals surface area contributed by atoms with Gasteiger partial charge in [-0.25, -0.2) is 0 Å². The van der Waals surface area contributed by atoms with Crippen LogP contribution in [-0.4, -0.2) is 9.97 Å². The minimum absolute atomic E-state index is 0.115. The number of benzene rings is 5. The molecule has 2 heterocycles. The molecule has 0 saturated heterocycles. The summed E-state index contributed by atoms with van der Waals surface area (Å²) < 4.78 is 0. The molecule has 2 nitrogen and oxygen atoms in total. The summed E-state index contributed by atoms with van der Waals surface area (Å²) in [5.74, 6) is 0.782. The number of aromatic nitrogens is 2. The Balaban J connectivity index is 1.19. The van der Waals surface area contributed by atoms with E-state index < -0.39 is 0 Å². The predicted octanol–water partition coefficient (Wildman–Crippen LogP) is 13.2. The number of rotatable bonds is 5. The molecule has 0 bridgehead atoms. The van der Waals surface area contributed by atoms with E-state index in [2.05, 4.69) is 165 Å². The molecule has 0 spiro atoms. The highest BCUT2D eigenvalue weighted by Gasteiger charge is 2.36. The van der Waals surface area contributed by atoms with Gasteiger partial charge in [-0.15, -0.1) is 0 Å². The highest BCUT2D eigenvalue weighted by atomic mass is 14.7. The zero-order valence-electron chi connectivity index (χ0n) is 29.6. The number of allylic oxidation sites excluding steroid dienone is 2. The van der Waals surface area contributed by atoms with Crippen LogP contribution in [0.2, 0.25) is 0 Å². The third-order valence-electron chi connectivity index (χ3n) is 11.0. The zero-order chi connectivity index (χ0) is 34.7. The molecule has 2 heteroatoms. The lowest BCUT2D eigenvalue weighted by atomic mass is 9.65. The molecule has 9 rings (SSSR count). The Morgan fingerprint density at radius 3 is 1.76 bits per heavy atom. The number of pyridine rings is 2. The molecule has 51 heavy (non-hydrogen) atoms. The molecule has 2 unspecified atom stereocenters. The Morgan fingerprint density at radius 1 is 0.569 bits per heavy atom. The standard InChI is InChI=1S/C49H40N2/c1-31-40-22-23-42-44(37-16-18-38(19-17-37)46-7-5-6-26-51-46)30-43(41-21-20-39(47(40)48(41)42)29-45(31)49(2,3)4)36-14-12-33(13-15-36)32-8-10-34(11-9-32)35-24-27-50-28-25-35/h5-31,40H,1-4H3. The SMILES string of the molecule is CC1C(C(C)(C)C)=Cc2ccc3c(-c4ccc(-c5ccc(-c6ccncc6)cc5)cc4)cc(-c4ccc(-c5ccccn5)cc4)c4c3c2C1C=C4. The molecule has 2 aliphatic carbocycles. The second kappa shape index (κ2) is 12.2. The van der Waals surface area contributed by atoms with Crippen molar-refractivity contribution in [2.75, 3.05) is 0 Å². The lowest BCUT2D eigenvalue weighted by molar-refractivity contribution is 0.419. The van der Waals surface area contributed by atoms with Crippen LogP contribution in [-0.2, 0) is 0 Å². The molecule has 5 aromatic carbocycles. The smallest absolute Gasteiger partial charge is 0.0701 e. The molecule has 7 aromatic rings. The van der Waals surface area contributed by atoms with Crippen molar-refractivity contribution in [3.63, 3.8) is 0 Å². The summed E-state index contributed by atoms with van der Waals surface area (Å²) in [6.07, 6.45) is 12.9. The first-order valence-electron chi connectivity index (χ1n) is 18.0. The minimum Gasteiger partial charge on any atom is -0.265 e. The molecule has 2 aliphatic rings. The van der Waals surface area contributed by atoms with Gasteiger partial charge in [-0.2, -0.15) is 0 Å². The van der Waals surface area contributed by atoms with Gasteiger partial charge in [-0.1, -0.05) is 142 Å². The van der Waals surface area contributed by atoms with Crippen molar-refractivity contribution in [2.24, 2.45) is 11.3 Å². The number of nitrogens with zero attached hydrogens (tertiary/aromatic N) is 2. The molecular weight excluding hydrogens is 617 g/mol. The van der Waals surface area contributed by atoms with Crippen molar-refractivity contribution >= 4 is 22.9 Å². The maximum Gasteiger partial charge on any atom is 0.0701 e.